The Labute approximate surface area is 137 Å². The maximum atomic E-state index is 12.1. The van der Waals surface area contributed by atoms with Crippen molar-refractivity contribution in [3.05, 3.63) is 0 Å². The minimum atomic E-state index is -1.65. The zero-order valence-electron chi connectivity index (χ0n) is 13.3. The lowest BCUT2D eigenvalue weighted by Crippen LogP contribution is -2.56. The van der Waals surface area contributed by atoms with Gasteiger partial charge in [0.05, 0.1) is 18.9 Å². The highest BCUT2D eigenvalue weighted by atomic mass is 16.4. The molecule has 0 radical (unpaired) electrons. The molecule has 0 fully saturated rings. The number of carbonyl (C=O) groups is 5. The van der Waals surface area contributed by atoms with Crippen LogP contribution in [0.15, 0.2) is 0 Å². The van der Waals surface area contributed by atoms with Gasteiger partial charge in [0.25, 0.3) is 0 Å². The molecule has 0 aromatic carbocycles. The number of rotatable bonds is 10. The molecule has 0 aliphatic carbocycles. The molecule has 0 unspecified atom stereocenters. The molecule has 0 saturated carbocycles. The summed E-state index contributed by atoms with van der Waals surface area (Å²) >= 11 is 0. The summed E-state index contributed by atoms with van der Waals surface area (Å²) in [5.74, 6) is -5.86. The third kappa shape index (κ3) is 7.54. The summed E-state index contributed by atoms with van der Waals surface area (Å²) in [6.45, 7) is 3.16. The third-order valence-electron chi connectivity index (χ3n) is 3.00. The minimum absolute atomic E-state index is 0.422. The Morgan fingerprint density at radius 2 is 1.50 bits per heavy atom. The number of carboxylic acid groups (broad SMARTS) is 2. The smallest absolute Gasteiger partial charge is 0.326 e. The Morgan fingerprint density at radius 3 is 1.88 bits per heavy atom. The lowest BCUT2D eigenvalue weighted by Gasteiger charge is -2.24. The van der Waals surface area contributed by atoms with Gasteiger partial charge in [-0.15, -0.1) is 0 Å². The SMILES string of the molecule is CC(C)[C@H](NC(=O)[C@@H](N)CC(N)=O)C(=O)N[C@@H](CC(=O)O)C(=O)O. The number of hydrogen-bond donors (Lipinski definition) is 6. The molecule has 0 saturated heterocycles. The highest BCUT2D eigenvalue weighted by Gasteiger charge is 2.31. The molecule has 24 heavy (non-hydrogen) atoms. The van der Waals surface area contributed by atoms with E-state index < -0.39 is 66.5 Å². The number of aliphatic carboxylic acids is 2. The number of nitrogens with two attached hydrogens (primary N) is 2. The standard InChI is InChI=1S/C13H22N4O7/c1-5(2)10(17-11(21)6(14)3-8(15)18)12(22)16-7(13(23)24)4-9(19)20/h5-7,10H,3-4,14H2,1-2H3,(H2,15,18)(H,16,22)(H,17,21)(H,19,20)(H,23,24)/t6-,7-,10-/m0/s1. The van der Waals surface area contributed by atoms with Crippen molar-refractivity contribution in [2.75, 3.05) is 0 Å². The topological polar surface area (TPSA) is 202 Å². The summed E-state index contributed by atoms with van der Waals surface area (Å²) in [7, 11) is 0. The molecule has 0 spiro atoms. The van der Waals surface area contributed by atoms with Crippen LogP contribution in [0.4, 0.5) is 0 Å². The summed E-state index contributed by atoms with van der Waals surface area (Å²) in [5.41, 5.74) is 10.4. The van der Waals surface area contributed by atoms with Gasteiger partial charge in [0, 0.05) is 0 Å². The zero-order chi connectivity index (χ0) is 19.0. The largest absolute Gasteiger partial charge is 0.481 e. The molecule has 3 amide bonds. The van der Waals surface area contributed by atoms with Gasteiger partial charge in [-0.2, -0.15) is 0 Å². The number of nitrogens with one attached hydrogen (secondary N) is 2. The fourth-order valence-corrected chi connectivity index (χ4v) is 1.74. The van der Waals surface area contributed by atoms with Crippen LogP contribution in [0, 0.1) is 5.92 Å². The second-order valence-corrected chi connectivity index (χ2v) is 5.50. The van der Waals surface area contributed by atoms with Gasteiger partial charge >= 0.3 is 11.9 Å². The summed E-state index contributed by atoms with van der Waals surface area (Å²) in [6, 6.07) is -4.06. The van der Waals surface area contributed by atoms with Crippen LogP contribution in [0.1, 0.15) is 26.7 Å². The molecule has 8 N–H and O–H groups in total. The number of amides is 3. The Kier molecular flexibility index (Phi) is 8.39. The average molecular weight is 346 g/mol. The first-order valence-corrected chi connectivity index (χ1v) is 7.04. The van der Waals surface area contributed by atoms with Crippen molar-refractivity contribution in [3.8, 4) is 0 Å². The van der Waals surface area contributed by atoms with Crippen LogP contribution in [-0.4, -0.2) is 58.0 Å². The summed E-state index contributed by atoms with van der Waals surface area (Å²) in [6.07, 6.45) is -1.24. The molecule has 0 aromatic heterocycles. The van der Waals surface area contributed by atoms with Crippen LogP contribution < -0.4 is 22.1 Å². The van der Waals surface area contributed by atoms with Crippen molar-refractivity contribution in [2.24, 2.45) is 17.4 Å². The lowest BCUT2D eigenvalue weighted by molar-refractivity contribution is -0.147. The number of hydrogen-bond acceptors (Lipinski definition) is 6. The van der Waals surface area contributed by atoms with Gasteiger partial charge in [-0.05, 0) is 5.92 Å². The first kappa shape index (κ1) is 21.3. The predicted octanol–water partition coefficient (Wildman–Crippen LogP) is -2.63. The van der Waals surface area contributed by atoms with Crippen LogP contribution in [0.2, 0.25) is 0 Å². The predicted molar refractivity (Wildman–Crippen MR) is 80.4 cm³/mol. The molecule has 3 atom stereocenters. The molecule has 0 bridgehead atoms. The molecule has 11 heteroatoms. The molecule has 0 heterocycles. The van der Waals surface area contributed by atoms with Crippen LogP contribution >= 0.6 is 0 Å². The Hall–Kier alpha value is -2.69. The van der Waals surface area contributed by atoms with Crippen LogP contribution in [0.25, 0.3) is 0 Å². The van der Waals surface area contributed by atoms with Gasteiger partial charge in [-0.1, -0.05) is 13.8 Å². The third-order valence-corrected chi connectivity index (χ3v) is 3.00. The number of carboxylic acids is 2. The van der Waals surface area contributed by atoms with E-state index >= 15 is 0 Å². The van der Waals surface area contributed by atoms with Gasteiger partial charge in [0.15, 0.2) is 0 Å². The molecule has 0 rings (SSSR count). The van der Waals surface area contributed by atoms with Crippen molar-refractivity contribution in [1.82, 2.24) is 10.6 Å². The van der Waals surface area contributed by atoms with Crippen LogP contribution in [-0.2, 0) is 24.0 Å². The molecular formula is C13H22N4O7. The van der Waals surface area contributed by atoms with Gasteiger partial charge < -0.3 is 32.3 Å². The monoisotopic (exact) mass is 346 g/mol. The summed E-state index contributed by atoms with van der Waals surface area (Å²) in [4.78, 5) is 56.4. The summed E-state index contributed by atoms with van der Waals surface area (Å²) < 4.78 is 0. The van der Waals surface area contributed by atoms with E-state index in [-0.39, 0.29) is 0 Å². The molecule has 0 aliphatic rings. The summed E-state index contributed by atoms with van der Waals surface area (Å²) in [5, 5.41) is 21.9. The van der Waals surface area contributed by atoms with Gasteiger partial charge in [-0.3, -0.25) is 19.2 Å². The Bertz CT molecular complexity index is 520. The molecule has 136 valence electrons. The second kappa shape index (κ2) is 9.45. The maximum absolute atomic E-state index is 12.1. The molecule has 0 aliphatic heterocycles. The fourth-order valence-electron chi connectivity index (χ4n) is 1.74. The minimum Gasteiger partial charge on any atom is -0.481 e. The highest BCUT2D eigenvalue weighted by Crippen LogP contribution is 2.05. The van der Waals surface area contributed by atoms with Crippen molar-refractivity contribution < 1.29 is 34.2 Å². The van der Waals surface area contributed by atoms with Gasteiger partial charge in [0.2, 0.25) is 17.7 Å². The number of primary amides is 1. The number of carbonyl (C=O) groups excluding carboxylic acids is 3. The van der Waals surface area contributed by atoms with Gasteiger partial charge in [-0.25, -0.2) is 4.79 Å². The van der Waals surface area contributed by atoms with Crippen molar-refractivity contribution in [2.45, 2.75) is 44.8 Å². The molecule has 11 nitrogen and oxygen atoms in total. The van der Waals surface area contributed by atoms with Crippen molar-refractivity contribution in [3.63, 3.8) is 0 Å². The van der Waals surface area contributed by atoms with E-state index in [1.165, 1.54) is 0 Å². The Morgan fingerprint density at radius 1 is 0.958 bits per heavy atom. The molecule has 0 aromatic rings. The van der Waals surface area contributed by atoms with Crippen molar-refractivity contribution in [1.29, 1.82) is 0 Å². The fraction of sp³-hybridized carbons (Fsp3) is 0.615. The maximum Gasteiger partial charge on any atom is 0.326 e. The Balaban J connectivity index is 5.00. The highest BCUT2D eigenvalue weighted by molar-refractivity contribution is 5.94. The van der Waals surface area contributed by atoms with Crippen LogP contribution in [0.3, 0.4) is 0 Å². The quantitative estimate of drug-likeness (QED) is 0.246. The first-order valence-electron chi connectivity index (χ1n) is 7.04. The van der Waals surface area contributed by atoms with Gasteiger partial charge in [0.1, 0.15) is 12.1 Å². The first-order chi connectivity index (χ1) is 11.0. The van der Waals surface area contributed by atoms with E-state index in [1.807, 2.05) is 5.32 Å². The van der Waals surface area contributed by atoms with Crippen molar-refractivity contribution >= 4 is 29.7 Å². The zero-order valence-corrected chi connectivity index (χ0v) is 13.3. The van der Waals surface area contributed by atoms with E-state index in [2.05, 4.69) is 5.32 Å². The lowest BCUT2D eigenvalue weighted by atomic mass is 10.0. The second-order valence-electron chi connectivity index (χ2n) is 5.50. The van der Waals surface area contributed by atoms with E-state index in [0.717, 1.165) is 0 Å². The normalized spacial score (nSPS) is 14.3. The van der Waals surface area contributed by atoms with E-state index in [4.69, 9.17) is 21.7 Å². The molecular weight excluding hydrogens is 324 g/mol. The van der Waals surface area contributed by atoms with E-state index in [0.29, 0.717) is 0 Å². The van der Waals surface area contributed by atoms with E-state index in [1.54, 1.807) is 13.8 Å². The van der Waals surface area contributed by atoms with Crippen LogP contribution in [0.5, 0.6) is 0 Å². The van der Waals surface area contributed by atoms with E-state index in [9.17, 15) is 24.0 Å². The average Bonchev–Trinajstić information content (AvgIpc) is 2.41.